The molecule has 0 saturated carbocycles. The second kappa shape index (κ2) is 6.84. The number of rotatable bonds is 6. The molecule has 2 aromatic carbocycles. The highest BCUT2D eigenvalue weighted by Crippen LogP contribution is 2.28. The molecule has 0 fully saturated rings. The van der Waals surface area contributed by atoms with Crippen LogP contribution < -0.4 is 10.2 Å². The van der Waals surface area contributed by atoms with Gasteiger partial charge in [-0.1, -0.05) is 30.3 Å². The van der Waals surface area contributed by atoms with Crippen LogP contribution in [0, 0.1) is 0 Å². The summed E-state index contributed by atoms with van der Waals surface area (Å²) < 4.78 is 0. The second-order valence-corrected chi connectivity index (χ2v) is 5.86. The molecule has 0 aliphatic carbocycles. The quantitative estimate of drug-likeness (QED) is 0.862. The highest BCUT2D eigenvalue weighted by Gasteiger charge is 2.19. The molecular weight excluding hydrogens is 288 g/mol. The molecule has 1 amide bonds. The maximum Gasteiger partial charge on any atom is 0.228 e. The largest absolute Gasteiger partial charge is 0.388 e. The van der Waals surface area contributed by atoms with E-state index in [4.69, 9.17) is 0 Å². The number of anilines is 2. The summed E-state index contributed by atoms with van der Waals surface area (Å²) in [6.07, 6.45) is 0.540. The first-order valence-corrected chi connectivity index (χ1v) is 8.08. The molecule has 0 radical (unpaired) electrons. The molecule has 1 aliphatic rings. The van der Waals surface area contributed by atoms with E-state index in [1.54, 1.807) is 0 Å². The number of carbonyl (C=O) groups is 1. The van der Waals surface area contributed by atoms with E-state index in [0.717, 1.165) is 29.9 Å². The number of carbonyl (C=O) groups excluding carboxylic acids is 1. The first-order chi connectivity index (χ1) is 11.2. The van der Waals surface area contributed by atoms with Crippen LogP contribution in [0.2, 0.25) is 0 Å². The van der Waals surface area contributed by atoms with Crippen LogP contribution in [0.4, 0.5) is 11.4 Å². The molecule has 2 N–H and O–H groups in total. The Hall–Kier alpha value is -2.33. The zero-order valence-electron chi connectivity index (χ0n) is 13.3. The van der Waals surface area contributed by atoms with Crippen molar-refractivity contribution in [3.05, 3.63) is 59.7 Å². The summed E-state index contributed by atoms with van der Waals surface area (Å²) in [5, 5.41) is 13.3. The van der Waals surface area contributed by atoms with E-state index in [2.05, 4.69) is 29.3 Å². The molecule has 23 heavy (non-hydrogen) atoms. The molecule has 4 heteroatoms. The van der Waals surface area contributed by atoms with E-state index in [1.165, 1.54) is 5.69 Å². The number of hydrogen-bond acceptors (Lipinski definition) is 3. The van der Waals surface area contributed by atoms with E-state index in [0.29, 0.717) is 12.8 Å². The lowest BCUT2D eigenvalue weighted by Crippen LogP contribution is -2.25. The maximum atomic E-state index is 11.4. The van der Waals surface area contributed by atoms with Crippen molar-refractivity contribution in [1.82, 2.24) is 0 Å². The number of amides is 1. The van der Waals surface area contributed by atoms with Gasteiger partial charge in [0.15, 0.2) is 0 Å². The van der Waals surface area contributed by atoms with Gasteiger partial charge in [0.1, 0.15) is 0 Å². The van der Waals surface area contributed by atoms with E-state index >= 15 is 0 Å². The van der Waals surface area contributed by atoms with Gasteiger partial charge < -0.3 is 15.3 Å². The fourth-order valence-corrected chi connectivity index (χ4v) is 3.01. The highest BCUT2D eigenvalue weighted by atomic mass is 16.3. The molecule has 1 heterocycles. The summed E-state index contributed by atoms with van der Waals surface area (Å²) in [5.41, 5.74) is 3.89. The van der Waals surface area contributed by atoms with Crippen molar-refractivity contribution < 1.29 is 9.90 Å². The Morgan fingerprint density at radius 2 is 2.00 bits per heavy atom. The SMILES string of the molecule is CCN(CCC(O)c1ccc2c(c1)CC(=O)N2)c1ccccc1. The topological polar surface area (TPSA) is 52.6 Å². The third-order valence-electron chi connectivity index (χ3n) is 4.31. The van der Waals surface area contributed by atoms with Crippen molar-refractivity contribution in [2.24, 2.45) is 0 Å². The summed E-state index contributed by atoms with van der Waals surface area (Å²) in [6.45, 7) is 3.81. The van der Waals surface area contributed by atoms with E-state index in [-0.39, 0.29) is 5.91 Å². The van der Waals surface area contributed by atoms with Gasteiger partial charge in [-0.05, 0) is 42.7 Å². The lowest BCUT2D eigenvalue weighted by molar-refractivity contribution is -0.115. The van der Waals surface area contributed by atoms with E-state index in [9.17, 15) is 9.90 Å². The Morgan fingerprint density at radius 1 is 1.22 bits per heavy atom. The molecule has 0 aromatic heterocycles. The van der Waals surface area contributed by atoms with Crippen molar-refractivity contribution in [1.29, 1.82) is 0 Å². The number of benzene rings is 2. The number of aliphatic hydroxyl groups is 1. The summed E-state index contributed by atoms with van der Waals surface area (Å²) in [7, 11) is 0. The molecule has 1 aliphatic heterocycles. The van der Waals surface area contributed by atoms with Gasteiger partial charge >= 0.3 is 0 Å². The fourth-order valence-electron chi connectivity index (χ4n) is 3.01. The first-order valence-electron chi connectivity index (χ1n) is 8.08. The van der Waals surface area contributed by atoms with E-state index in [1.807, 2.05) is 36.4 Å². The number of fused-ring (bicyclic) bond motifs is 1. The molecule has 3 rings (SSSR count). The monoisotopic (exact) mass is 310 g/mol. The van der Waals surface area contributed by atoms with Crippen molar-refractivity contribution in [3.8, 4) is 0 Å². The van der Waals surface area contributed by atoms with Crippen LogP contribution in [0.1, 0.15) is 30.6 Å². The molecule has 2 aromatic rings. The van der Waals surface area contributed by atoms with Gasteiger partial charge in [-0.15, -0.1) is 0 Å². The second-order valence-electron chi connectivity index (χ2n) is 5.86. The molecule has 0 spiro atoms. The van der Waals surface area contributed by atoms with Gasteiger partial charge in [0.25, 0.3) is 0 Å². The lowest BCUT2D eigenvalue weighted by atomic mass is 10.0. The van der Waals surface area contributed by atoms with Crippen LogP contribution in [-0.4, -0.2) is 24.1 Å². The van der Waals surface area contributed by atoms with Crippen LogP contribution in [0.3, 0.4) is 0 Å². The fraction of sp³-hybridized carbons (Fsp3) is 0.316. The molecule has 120 valence electrons. The zero-order chi connectivity index (χ0) is 16.2. The summed E-state index contributed by atoms with van der Waals surface area (Å²) in [5.74, 6) is 0.0212. The van der Waals surface area contributed by atoms with Crippen LogP contribution in [-0.2, 0) is 11.2 Å². The molecule has 1 atom stereocenters. The Bertz CT molecular complexity index is 685. The third kappa shape index (κ3) is 3.54. The van der Waals surface area contributed by atoms with Gasteiger partial charge in [0.05, 0.1) is 12.5 Å². The van der Waals surface area contributed by atoms with Crippen molar-refractivity contribution >= 4 is 17.3 Å². The minimum Gasteiger partial charge on any atom is -0.388 e. The van der Waals surface area contributed by atoms with Gasteiger partial charge in [0.2, 0.25) is 5.91 Å². The number of para-hydroxylation sites is 1. The standard InChI is InChI=1S/C19H22N2O2/c1-2-21(16-6-4-3-5-7-16)11-10-18(22)14-8-9-17-15(12-14)13-19(23)20-17/h3-9,12,18,22H,2,10-11,13H2,1H3,(H,20,23). The van der Waals surface area contributed by atoms with Crippen LogP contribution >= 0.6 is 0 Å². The predicted molar refractivity (Wildman–Crippen MR) is 92.7 cm³/mol. The Kier molecular flexibility index (Phi) is 4.63. The molecule has 0 saturated heterocycles. The number of nitrogens with one attached hydrogen (secondary N) is 1. The number of nitrogens with zero attached hydrogens (tertiary/aromatic N) is 1. The lowest BCUT2D eigenvalue weighted by Gasteiger charge is -2.24. The number of hydrogen-bond donors (Lipinski definition) is 2. The normalized spacial score (nSPS) is 14.3. The Labute approximate surface area is 136 Å². The van der Waals surface area contributed by atoms with Crippen molar-refractivity contribution in [2.75, 3.05) is 23.3 Å². The summed E-state index contributed by atoms with van der Waals surface area (Å²) in [6, 6.07) is 16.0. The average Bonchev–Trinajstić information content (AvgIpc) is 2.95. The molecule has 1 unspecified atom stereocenters. The summed E-state index contributed by atoms with van der Waals surface area (Å²) >= 11 is 0. The molecule has 4 nitrogen and oxygen atoms in total. The summed E-state index contributed by atoms with van der Waals surface area (Å²) in [4.78, 5) is 13.7. The van der Waals surface area contributed by atoms with Gasteiger partial charge in [-0.3, -0.25) is 4.79 Å². The van der Waals surface area contributed by atoms with Crippen LogP contribution in [0.5, 0.6) is 0 Å². The Balaban J connectivity index is 1.64. The smallest absolute Gasteiger partial charge is 0.228 e. The number of aliphatic hydroxyl groups excluding tert-OH is 1. The first kappa shape index (κ1) is 15.6. The van der Waals surface area contributed by atoms with Gasteiger partial charge in [-0.2, -0.15) is 0 Å². The minimum atomic E-state index is -0.520. The highest BCUT2D eigenvalue weighted by molar-refractivity contribution is 5.99. The average molecular weight is 310 g/mol. The molecular formula is C19H22N2O2. The maximum absolute atomic E-state index is 11.4. The minimum absolute atomic E-state index is 0.0212. The predicted octanol–water partition coefficient (Wildman–Crippen LogP) is 3.13. The third-order valence-corrected chi connectivity index (χ3v) is 4.31. The Morgan fingerprint density at radius 3 is 2.74 bits per heavy atom. The van der Waals surface area contributed by atoms with E-state index < -0.39 is 6.10 Å². The van der Waals surface area contributed by atoms with Gasteiger partial charge in [-0.25, -0.2) is 0 Å². The zero-order valence-corrected chi connectivity index (χ0v) is 13.3. The molecule has 0 bridgehead atoms. The van der Waals surface area contributed by atoms with Crippen LogP contribution in [0.25, 0.3) is 0 Å². The van der Waals surface area contributed by atoms with Gasteiger partial charge in [0, 0.05) is 24.5 Å². The van der Waals surface area contributed by atoms with Crippen molar-refractivity contribution in [3.63, 3.8) is 0 Å². The van der Waals surface area contributed by atoms with Crippen molar-refractivity contribution in [2.45, 2.75) is 25.9 Å². The van der Waals surface area contributed by atoms with Crippen LogP contribution in [0.15, 0.2) is 48.5 Å².